The fourth-order valence-electron chi connectivity index (χ4n) is 2.85. The summed E-state index contributed by atoms with van der Waals surface area (Å²) >= 11 is 0. The summed E-state index contributed by atoms with van der Waals surface area (Å²) in [5, 5.41) is 10.9. The number of aromatic nitrogens is 1. The van der Waals surface area contributed by atoms with Crippen LogP contribution in [0.15, 0.2) is 54.7 Å². The summed E-state index contributed by atoms with van der Waals surface area (Å²) in [4.78, 5) is 14.2. The van der Waals surface area contributed by atoms with E-state index in [4.69, 9.17) is 0 Å². The first-order valence-corrected chi connectivity index (χ1v) is 7.60. The van der Waals surface area contributed by atoms with Gasteiger partial charge in [0.05, 0.1) is 6.42 Å². The molecule has 0 bridgehead atoms. The molecule has 0 atom stereocenters. The average Bonchev–Trinajstić information content (AvgIpc) is 2.86. The number of phenols is 1. The van der Waals surface area contributed by atoms with Gasteiger partial charge in [0.15, 0.2) is 0 Å². The molecule has 3 rings (SSSR count). The third kappa shape index (κ3) is 3.06. The summed E-state index contributed by atoms with van der Waals surface area (Å²) in [6.07, 6.45) is 2.36. The van der Waals surface area contributed by atoms with Crippen molar-refractivity contribution in [2.75, 3.05) is 7.05 Å². The number of amides is 1. The molecular weight excluding hydrogens is 288 g/mol. The second kappa shape index (κ2) is 6.16. The maximum Gasteiger partial charge on any atom is 0.227 e. The van der Waals surface area contributed by atoms with E-state index in [-0.39, 0.29) is 11.7 Å². The van der Waals surface area contributed by atoms with Crippen molar-refractivity contribution in [3.05, 3.63) is 65.9 Å². The van der Waals surface area contributed by atoms with Gasteiger partial charge in [-0.15, -0.1) is 0 Å². The van der Waals surface area contributed by atoms with E-state index in [9.17, 15) is 9.90 Å². The Morgan fingerprint density at radius 3 is 2.57 bits per heavy atom. The quantitative estimate of drug-likeness (QED) is 0.805. The minimum Gasteiger partial charge on any atom is -0.508 e. The predicted molar refractivity (Wildman–Crippen MR) is 91.2 cm³/mol. The summed E-state index contributed by atoms with van der Waals surface area (Å²) in [5.41, 5.74) is 2.90. The van der Waals surface area contributed by atoms with Gasteiger partial charge in [-0.05, 0) is 17.7 Å². The van der Waals surface area contributed by atoms with E-state index in [1.54, 1.807) is 24.1 Å². The fourth-order valence-corrected chi connectivity index (χ4v) is 2.85. The van der Waals surface area contributed by atoms with Crippen LogP contribution in [-0.4, -0.2) is 27.5 Å². The summed E-state index contributed by atoms with van der Waals surface area (Å²) in [6.45, 7) is 0.399. The van der Waals surface area contributed by atoms with Crippen molar-refractivity contribution < 1.29 is 9.90 Å². The van der Waals surface area contributed by atoms with E-state index in [1.165, 1.54) is 0 Å². The van der Waals surface area contributed by atoms with Crippen molar-refractivity contribution in [2.24, 2.45) is 7.05 Å². The Labute approximate surface area is 135 Å². The number of carbonyl (C=O) groups is 1. The number of aromatic hydroxyl groups is 1. The Balaban J connectivity index is 1.77. The molecule has 0 unspecified atom stereocenters. The van der Waals surface area contributed by atoms with Gasteiger partial charge >= 0.3 is 0 Å². The van der Waals surface area contributed by atoms with Crippen molar-refractivity contribution >= 4 is 16.8 Å². The lowest BCUT2D eigenvalue weighted by Gasteiger charge is -2.17. The molecule has 3 aromatic rings. The number of benzene rings is 2. The molecule has 4 heteroatoms. The van der Waals surface area contributed by atoms with Crippen LogP contribution in [0.5, 0.6) is 5.75 Å². The molecule has 4 nitrogen and oxygen atoms in total. The Morgan fingerprint density at radius 1 is 1.09 bits per heavy atom. The number of nitrogens with zero attached hydrogens (tertiary/aromatic N) is 2. The van der Waals surface area contributed by atoms with Crippen molar-refractivity contribution in [3.63, 3.8) is 0 Å². The lowest BCUT2D eigenvalue weighted by atomic mass is 10.1. The zero-order valence-corrected chi connectivity index (χ0v) is 13.4. The Hall–Kier alpha value is -2.75. The van der Waals surface area contributed by atoms with E-state index >= 15 is 0 Å². The van der Waals surface area contributed by atoms with Crippen LogP contribution in [0.25, 0.3) is 10.9 Å². The van der Waals surface area contributed by atoms with Crippen LogP contribution < -0.4 is 0 Å². The first-order valence-electron chi connectivity index (χ1n) is 7.60. The highest BCUT2D eigenvalue weighted by atomic mass is 16.3. The standard InChI is InChI=1S/C19H20N2O2/c1-20-13-15(16-8-4-5-9-17(16)20)11-19(23)21(2)12-14-7-3-6-10-18(14)22/h3-10,13,22H,11-12H2,1-2H3. The van der Waals surface area contributed by atoms with Gasteiger partial charge in [-0.1, -0.05) is 36.4 Å². The molecule has 0 radical (unpaired) electrons. The summed E-state index contributed by atoms with van der Waals surface area (Å²) < 4.78 is 2.04. The Morgan fingerprint density at radius 2 is 1.78 bits per heavy atom. The molecule has 0 aliphatic carbocycles. The third-order valence-electron chi connectivity index (χ3n) is 4.15. The number of hydrogen-bond donors (Lipinski definition) is 1. The molecule has 0 saturated heterocycles. The van der Waals surface area contributed by atoms with Gasteiger partial charge in [0, 0.05) is 43.3 Å². The number of likely N-dealkylation sites (N-methyl/N-ethyl adjacent to an activating group) is 1. The van der Waals surface area contributed by atoms with Gasteiger partial charge in [0.2, 0.25) is 5.91 Å². The molecule has 0 saturated carbocycles. The Kier molecular flexibility index (Phi) is 4.06. The highest BCUT2D eigenvalue weighted by molar-refractivity contribution is 5.89. The second-order valence-electron chi connectivity index (χ2n) is 5.84. The van der Waals surface area contributed by atoms with Crippen LogP contribution in [0.1, 0.15) is 11.1 Å². The lowest BCUT2D eigenvalue weighted by molar-refractivity contribution is -0.129. The van der Waals surface area contributed by atoms with Crippen LogP contribution in [-0.2, 0) is 24.8 Å². The molecule has 118 valence electrons. The SMILES string of the molecule is CN(Cc1ccccc1O)C(=O)Cc1cn(C)c2ccccc12. The first-order chi connectivity index (χ1) is 11.1. The predicted octanol–water partition coefficient (Wildman–Crippen LogP) is 3.09. The van der Waals surface area contributed by atoms with E-state index in [0.29, 0.717) is 13.0 Å². The topological polar surface area (TPSA) is 45.5 Å². The minimum atomic E-state index is 0.0320. The lowest BCUT2D eigenvalue weighted by Crippen LogP contribution is -2.27. The van der Waals surface area contributed by atoms with Crippen LogP contribution >= 0.6 is 0 Å². The van der Waals surface area contributed by atoms with Crippen molar-refractivity contribution in [2.45, 2.75) is 13.0 Å². The smallest absolute Gasteiger partial charge is 0.227 e. The molecule has 1 heterocycles. The molecule has 1 N–H and O–H groups in total. The van der Waals surface area contributed by atoms with Crippen LogP contribution in [0, 0.1) is 0 Å². The van der Waals surface area contributed by atoms with E-state index in [1.807, 2.05) is 48.1 Å². The third-order valence-corrected chi connectivity index (χ3v) is 4.15. The molecule has 23 heavy (non-hydrogen) atoms. The zero-order chi connectivity index (χ0) is 16.4. The number of aryl methyl sites for hydroxylation is 1. The first kappa shape index (κ1) is 15.2. The van der Waals surface area contributed by atoms with Gasteiger partial charge in [0.25, 0.3) is 0 Å². The van der Waals surface area contributed by atoms with Crippen LogP contribution in [0.3, 0.4) is 0 Å². The molecule has 0 spiro atoms. The number of phenolic OH excluding ortho intramolecular Hbond substituents is 1. The molecule has 0 aliphatic rings. The largest absolute Gasteiger partial charge is 0.508 e. The normalized spacial score (nSPS) is 10.9. The van der Waals surface area contributed by atoms with Gasteiger partial charge in [0.1, 0.15) is 5.75 Å². The van der Waals surface area contributed by atoms with Crippen molar-refractivity contribution in [1.29, 1.82) is 0 Å². The summed E-state index contributed by atoms with van der Waals surface area (Å²) in [5.74, 6) is 0.252. The second-order valence-corrected chi connectivity index (χ2v) is 5.84. The monoisotopic (exact) mass is 308 g/mol. The number of fused-ring (bicyclic) bond motifs is 1. The number of carbonyl (C=O) groups excluding carboxylic acids is 1. The minimum absolute atomic E-state index is 0.0320. The molecule has 1 amide bonds. The number of hydrogen-bond acceptors (Lipinski definition) is 2. The molecule has 2 aromatic carbocycles. The van der Waals surface area contributed by atoms with Crippen molar-refractivity contribution in [1.82, 2.24) is 9.47 Å². The highest BCUT2D eigenvalue weighted by Crippen LogP contribution is 2.22. The number of rotatable bonds is 4. The van der Waals surface area contributed by atoms with Gasteiger partial charge in [-0.25, -0.2) is 0 Å². The van der Waals surface area contributed by atoms with E-state index in [2.05, 4.69) is 6.07 Å². The highest BCUT2D eigenvalue weighted by Gasteiger charge is 2.15. The van der Waals surface area contributed by atoms with E-state index in [0.717, 1.165) is 22.0 Å². The van der Waals surface area contributed by atoms with Crippen molar-refractivity contribution in [3.8, 4) is 5.75 Å². The fraction of sp³-hybridized carbons (Fsp3) is 0.211. The average molecular weight is 308 g/mol. The maximum absolute atomic E-state index is 12.5. The molecule has 0 fully saturated rings. The number of para-hydroxylation sites is 2. The van der Waals surface area contributed by atoms with Crippen LogP contribution in [0.4, 0.5) is 0 Å². The maximum atomic E-state index is 12.5. The van der Waals surface area contributed by atoms with E-state index < -0.39 is 0 Å². The van der Waals surface area contributed by atoms with Gasteiger partial charge < -0.3 is 14.6 Å². The molecule has 1 aromatic heterocycles. The summed E-state index contributed by atoms with van der Waals surface area (Å²) in [6, 6.07) is 15.2. The Bertz CT molecular complexity index is 851. The van der Waals surface area contributed by atoms with Gasteiger partial charge in [-0.3, -0.25) is 4.79 Å². The van der Waals surface area contributed by atoms with Gasteiger partial charge in [-0.2, -0.15) is 0 Å². The summed E-state index contributed by atoms with van der Waals surface area (Å²) in [7, 11) is 3.75. The zero-order valence-electron chi connectivity index (χ0n) is 13.4. The van der Waals surface area contributed by atoms with Crippen LogP contribution in [0.2, 0.25) is 0 Å². The molecular formula is C19H20N2O2. The molecule has 0 aliphatic heterocycles.